The molecule has 0 heterocycles. The highest BCUT2D eigenvalue weighted by atomic mass is 35.5. The van der Waals surface area contributed by atoms with Crippen molar-refractivity contribution in [3.63, 3.8) is 0 Å². The van der Waals surface area contributed by atoms with Gasteiger partial charge in [0.1, 0.15) is 0 Å². The first kappa shape index (κ1) is 14.4. The predicted molar refractivity (Wildman–Crippen MR) is 85.0 cm³/mol. The molecule has 0 amide bonds. The van der Waals surface area contributed by atoms with Gasteiger partial charge in [0, 0.05) is 28.3 Å². The van der Waals surface area contributed by atoms with Crippen LogP contribution in [0.1, 0.15) is 18.5 Å². The summed E-state index contributed by atoms with van der Waals surface area (Å²) in [5.74, 6) is 1.06. The molecule has 1 nitrogen and oxygen atoms in total. The van der Waals surface area contributed by atoms with Gasteiger partial charge in [0.25, 0.3) is 0 Å². The van der Waals surface area contributed by atoms with Crippen molar-refractivity contribution in [3.05, 3.63) is 65.2 Å². The minimum Gasteiger partial charge on any atom is -0.309 e. The van der Waals surface area contributed by atoms with Crippen molar-refractivity contribution >= 4 is 23.4 Å². The summed E-state index contributed by atoms with van der Waals surface area (Å²) in [6.07, 6.45) is 0. The fourth-order valence-corrected chi connectivity index (χ4v) is 2.86. The molecular formula is C16H18ClNS. The number of halogens is 1. The zero-order valence-corrected chi connectivity index (χ0v) is 12.5. The highest BCUT2D eigenvalue weighted by molar-refractivity contribution is 7.99. The largest absolute Gasteiger partial charge is 0.309 e. The van der Waals surface area contributed by atoms with E-state index in [0.717, 1.165) is 17.3 Å². The van der Waals surface area contributed by atoms with Gasteiger partial charge in [0.2, 0.25) is 0 Å². The quantitative estimate of drug-likeness (QED) is 0.607. The molecule has 0 radical (unpaired) electrons. The molecule has 2 aromatic carbocycles. The molecule has 0 bridgehead atoms. The molecular weight excluding hydrogens is 274 g/mol. The lowest BCUT2D eigenvalue weighted by Gasteiger charge is -2.14. The average molecular weight is 292 g/mol. The van der Waals surface area contributed by atoms with Crippen molar-refractivity contribution < 1.29 is 0 Å². The third-order valence-electron chi connectivity index (χ3n) is 2.91. The standard InChI is InChI=1S/C16H18ClNS/c1-13(14-6-5-7-15(17)12-14)18-10-11-19-16-8-3-2-4-9-16/h2-9,12-13,18H,10-11H2,1H3/t13-/m1/s1. The lowest BCUT2D eigenvalue weighted by Crippen LogP contribution is -2.21. The first-order valence-electron chi connectivity index (χ1n) is 6.42. The Bertz CT molecular complexity index is 501. The van der Waals surface area contributed by atoms with Gasteiger partial charge in [-0.2, -0.15) is 0 Å². The van der Waals surface area contributed by atoms with Crippen molar-refractivity contribution in [3.8, 4) is 0 Å². The van der Waals surface area contributed by atoms with E-state index in [9.17, 15) is 0 Å². The van der Waals surface area contributed by atoms with Gasteiger partial charge in [-0.15, -0.1) is 11.8 Å². The van der Waals surface area contributed by atoms with Crippen LogP contribution in [0.25, 0.3) is 0 Å². The SMILES string of the molecule is C[C@@H](NCCSc1ccccc1)c1cccc(Cl)c1. The van der Waals surface area contributed by atoms with Crippen LogP contribution in [0.2, 0.25) is 5.02 Å². The molecule has 0 spiro atoms. The van der Waals surface area contributed by atoms with Gasteiger partial charge in [-0.05, 0) is 36.8 Å². The highest BCUT2D eigenvalue weighted by Gasteiger charge is 2.04. The molecule has 0 aliphatic carbocycles. The fourth-order valence-electron chi connectivity index (χ4n) is 1.85. The fraction of sp³-hybridized carbons (Fsp3) is 0.250. The number of nitrogens with one attached hydrogen (secondary N) is 1. The smallest absolute Gasteiger partial charge is 0.0409 e. The third-order valence-corrected chi connectivity index (χ3v) is 4.16. The number of hydrogen-bond donors (Lipinski definition) is 1. The summed E-state index contributed by atoms with van der Waals surface area (Å²) < 4.78 is 0. The summed E-state index contributed by atoms with van der Waals surface area (Å²) in [6, 6.07) is 18.8. The lowest BCUT2D eigenvalue weighted by molar-refractivity contribution is 0.601. The molecule has 19 heavy (non-hydrogen) atoms. The van der Waals surface area contributed by atoms with E-state index in [2.05, 4.69) is 42.6 Å². The summed E-state index contributed by atoms with van der Waals surface area (Å²) in [7, 11) is 0. The molecule has 2 rings (SSSR count). The molecule has 100 valence electrons. The number of hydrogen-bond acceptors (Lipinski definition) is 2. The molecule has 0 fully saturated rings. The number of rotatable bonds is 6. The maximum absolute atomic E-state index is 6.00. The van der Waals surface area contributed by atoms with Crippen LogP contribution in [0, 0.1) is 0 Å². The van der Waals surface area contributed by atoms with Crippen molar-refractivity contribution in [2.45, 2.75) is 17.9 Å². The Balaban J connectivity index is 1.74. The summed E-state index contributed by atoms with van der Waals surface area (Å²) in [5, 5.41) is 4.31. The zero-order valence-electron chi connectivity index (χ0n) is 11.0. The summed E-state index contributed by atoms with van der Waals surface area (Å²) in [5.41, 5.74) is 1.23. The molecule has 0 aliphatic heterocycles. The molecule has 2 aromatic rings. The van der Waals surface area contributed by atoms with E-state index < -0.39 is 0 Å². The maximum Gasteiger partial charge on any atom is 0.0409 e. The molecule has 1 atom stereocenters. The molecule has 0 saturated carbocycles. The van der Waals surface area contributed by atoms with Crippen LogP contribution in [-0.4, -0.2) is 12.3 Å². The van der Waals surface area contributed by atoms with Gasteiger partial charge in [-0.3, -0.25) is 0 Å². The topological polar surface area (TPSA) is 12.0 Å². The Hall–Kier alpha value is -0.960. The van der Waals surface area contributed by atoms with Gasteiger partial charge in [-0.1, -0.05) is 41.9 Å². The van der Waals surface area contributed by atoms with E-state index in [4.69, 9.17) is 11.6 Å². The Morgan fingerprint density at radius 1 is 1.11 bits per heavy atom. The minimum atomic E-state index is 0.329. The summed E-state index contributed by atoms with van der Waals surface area (Å²) in [4.78, 5) is 1.32. The molecule has 1 N–H and O–H groups in total. The van der Waals surface area contributed by atoms with Crippen molar-refractivity contribution in [2.75, 3.05) is 12.3 Å². The van der Waals surface area contributed by atoms with Crippen LogP contribution in [0.4, 0.5) is 0 Å². The Morgan fingerprint density at radius 3 is 2.63 bits per heavy atom. The second kappa shape index (κ2) is 7.59. The van der Waals surface area contributed by atoms with Gasteiger partial charge in [-0.25, -0.2) is 0 Å². The van der Waals surface area contributed by atoms with Crippen LogP contribution < -0.4 is 5.32 Å². The summed E-state index contributed by atoms with van der Waals surface area (Å²) in [6.45, 7) is 3.14. The second-order valence-electron chi connectivity index (χ2n) is 4.39. The molecule has 3 heteroatoms. The Morgan fingerprint density at radius 2 is 1.89 bits per heavy atom. The Kier molecular flexibility index (Phi) is 5.77. The first-order chi connectivity index (χ1) is 9.25. The van der Waals surface area contributed by atoms with E-state index in [1.807, 2.05) is 36.0 Å². The summed E-state index contributed by atoms with van der Waals surface area (Å²) >= 11 is 7.87. The maximum atomic E-state index is 6.00. The van der Waals surface area contributed by atoms with E-state index in [-0.39, 0.29) is 0 Å². The monoisotopic (exact) mass is 291 g/mol. The molecule has 0 unspecified atom stereocenters. The normalized spacial score (nSPS) is 12.3. The van der Waals surface area contributed by atoms with E-state index in [0.29, 0.717) is 6.04 Å². The van der Waals surface area contributed by atoms with Gasteiger partial charge < -0.3 is 5.32 Å². The zero-order chi connectivity index (χ0) is 13.5. The number of thioether (sulfide) groups is 1. The second-order valence-corrected chi connectivity index (χ2v) is 6.00. The molecule has 0 saturated heterocycles. The van der Waals surface area contributed by atoms with Gasteiger partial charge in [0.15, 0.2) is 0 Å². The van der Waals surface area contributed by atoms with Crippen LogP contribution in [0.3, 0.4) is 0 Å². The van der Waals surface area contributed by atoms with Crippen LogP contribution in [0.15, 0.2) is 59.5 Å². The molecule has 0 aliphatic rings. The third kappa shape index (κ3) is 4.90. The number of benzene rings is 2. The van der Waals surface area contributed by atoms with Crippen LogP contribution >= 0.6 is 23.4 Å². The van der Waals surface area contributed by atoms with Gasteiger partial charge in [0.05, 0.1) is 0 Å². The van der Waals surface area contributed by atoms with Gasteiger partial charge >= 0.3 is 0 Å². The van der Waals surface area contributed by atoms with Crippen LogP contribution in [0.5, 0.6) is 0 Å². The van der Waals surface area contributed by atoms with E-state index in [1.54, 1.807) is 0 Å². The predicted octanol–water partition coefficient (Wildman–Crippen LogP) is 4.78. The highest BCUT2D eigenvalue weighted by Crippen LogP contribution is 2.19. The first-order valence-corrected chi connectivity index (χ1v) is 7.79. The van der Waals surface area contributed by atoms with Crippen molar-refractivity contribution in [1.29, 1.82) is 0 Å². The lowest BCUT2D eigenvalue weighted by atomic mass is 10.1. The van der Waals surface area contributed by atoms with Crippen molar-refractivity contribution in [1.82, 2.24) is 5.32 Å². The minimum absolute atomic E-state index is 0.329. The van der Waals surface area contributed by atoms with E-state index >= 15 is 0 Å². The average Bonchev–Trinajstić information content (AvgIpc) is 2.44. The van der Waals surface area contributed by atoms with Crippen molar-refractivity contribution in [2.24, 2.45) is 0 Å². The van der Waals surface area contributed by atoms with Crippen LogP contribution in [-0.2, 0) is 0 Å². The van der Waals surface area contributed by atoms with E-state index in [1.165, 1.54) is 10.5 Å². The Labute approximate surface area is 124 Å². The molecule has 0 aromatic heterocycles.